The lowest BCUT2D eigenvalue weighted by atomic mass is 9.87. The van der Waals surface area contributed by atoms with Crippen LogP contribution in [0.25, 0.3) is 0 Å². The predicted octanol–water partition coefficient (Wildman–Crippen LogP) is 3.88. The van der Waals surface area contributed by atoms with Crippen LogP contribution in [0.3, 0.4) is 0 Å². The maximum Gasteiger partial charge on any atom is 0.136 e. The molecular weight excluding hydrogens is 208 g/mol. The number of alkyl halides is 1. The summed E-state index contributed by atoms with van der Waals surface area (Å²) in [4.78, 5) is 11.4. The second-order valence-electron chi connectivity index (χ2n) is 4.13. The highest BCUT2D eigenvalue weighted by molar-refractivity contribution is 6.22. The van der Waals surface area contributed by atoms with Crippen molar-refractivity contribution in [1.82, 2.24) is 0 Å². The summed E-state index contributed by atoms with van der Waals surface area (Å²) in [6, 6.07) is 0. The summed E-state index contributed by atoms with van der Waals surface area (Å²) in [5.41, 5.74) is 2.34. The molecule has 2 heteroatoms. The molecule has 0 aromatic rings. The first-order valence-corrected chi connectivity index (χ1v) is 6.07. The molecule has 1 nitrogen and oxygen atoms in total. The van der Waals surface area contributed by atoms with Crippen molar-refractivity contribution in [3.63, 3.8) is 0 Å². The molecule has 0 aromatic carbocycles. The number of rotatable bonds is 4. The quantitative estimate of drug-likeness (QED) is 0.665. The van der Waals surface area contributed by atoms with E-state index in [0.29, 0.717) is 18.8 Å². The minimum Gasteiger partial charge on any atom is -0.299 e. The molecule has 0 saturated carbocycles. The van der Waals surface area contributed by atoms with Crippen LogP contribution in [-0.2, 0) is 4.79 Å². The molecule has 2 atom stereocenters. The van der Waals surface area contributed by atoms with Crippen molar-refractivity contribution in [3.05, 3.63) is 23.3 Å². The van der Waals surface area contributed by atoms with Gasteiger partial charge in [0.1, 0.15) is 5.78 Å². The van der Waals surface area contributed by atoms with E-state index in [1.807, 2.05) is 6.92 Å². The molecule has 0 aromatic heterocycles. The molecular formula is C13H19ClO. The molecule has 2 unspecified atom stereocenters. The van der Waals surface area contributed by atoms with Crippen LogP contribution in [0.4, 0.5) is 0 Å². The fourth-order valence-electron chi connectivity index (χ4n) is 1.85. The number of hydrogen-bond donors (Lipinski definition) is 0. The molecule has 1 aliphatic rings. The summed E-state index contributed by atoms with van der Waals surface area (Å²) in [5, 5.41) is 0.0540. The number of hydrogen-bond acceptors (Lipinski definition) is 1. The van der Waals surface area contributed by atoms with Crippen LogP contribution >= 0.6 is 11.6 Å². The largest absolute Gasteiger partial charge is 0.299 e. The lowest BCUT2D eigenvalue weighted by Gasteiger charge is -2.23. The molecule has 0 heterocycles. The Balaban J connectivity index is 2.75. The molecule has 1 rings (SSSR count). The Morgan fingerprint density at radius 1 is 1.40 bits per heavy atom. The van der Waals surface area contributed by atoms with Crippen LogP contribution in [0.5, 0.6) is 0 Å². The van der Waals surface area contributed by atoms with Gasteiger partial charge < -0.3 is 0 Å². The SMILES string of the molecule is CCC(=O)CC1=CC(Cl)C(CC)C=C1C. The molecule has 0 aliphatic heterocycles. The molecule has 0 saturated heterocycles. The highest BCUT2D eigenvalue weighted by Gasteiger charge is 2.20. The monoisotopic (exact) mass is 226 g/mol. The van der Waals surface area contributed by atoms with Crippen LogP contribution in [0.15, 0.2) is 23.3 Å². The first-order valence-electron chi connectivity index (χ1n) is 5.63. The second-order valence-corrected chi connectivity index (χ2v) is 4.63. The van der Waals surface area contributed by atoms with E-state index in [1.54, 1.807) is 0 Å². The van der Waals surface area contributed by atoms with Gasteiger partial charge in [-0.1, -0.05) is 31.6 Å². The number of carbonyl (C=O) groups excluding carboxylic acids is 1. The first-order chi connectivity index (χ1) is 7.08. The van der Waals surface area contributed by atoms with Crippen molar-refractivity contribution in [2.24, 2.45) is 5.92 Å². The van der Waals surface area contributed by atoms with E-state index in [0.717, 1.165) is 12.0 Å². The van der Waals surface area contributed by atoms with E-state index >= 15 is 0 Å². The molecule has 15 heavy (non-hydrogen) atoms. The fourth-order valence-corrected chi connectivity index (χ4v) is 2.25. The zero-order valence-corrected chi connectivity index (χ0v) is 10.5. The highest BCUT2D eigenvalue weighted by atomic mass is 35.5. The Morgan fingerprint density at radius 3 is 2.60 bits per heavy atom. The van der Waals surface area contributed by atoms with Crippen LogP contribution in [0, 0.1) is 5.92 Å². The molecule has 0 N–H and O–H groups in total. The van der Waals surface area contributed by atoms with Gasteiger partial charge in [0.25, 0.3) is 0 Å². The summed E-state index contributed by atoms with van der Waals surface area (Å²) >= 11 is 6.24. The van der Waals surface area contributed by atoms with E-state index in [1.165, 1.54) is 5.57 Å². The average molecular weight is 227 g/mol. The Hall–Kier alpha value is -0.560. The normalized spacial score (nSPS) is 25.9. The summed E-state index contributed by atoms with van der Waals surface area (Å²) in [7, 11) is 0. The van der Waals surface area contributed by atoms with E-state index in [4.69, 9.17) is 11.6 Å². The van der Waals surface area contributed by atoms with Crippen LogP contribution in [0.1, 0.15) is 40.0 Å². The average Bonchev–Trinajstić information content (AvgIpc) is 2.22. The minimum absolute atomic E-state index is 0.0540. The van der Waals surface area contributed by atoms with Crippen LogP contribution < -0.4 is 0 Å². The second kappa shape index (κ2) is 5.50. The minimum atomic E-state index is 0.0540. The molecule has 0 amide bonds. The first kappa shape index (κ1) is 12.5. The molecule has 84 valence electrons. The smallest absolute Gasteiger partial charge is 0.136 e. The lowest BCUT2D eigenvalue weighted by Crippen LogP contribution is -2.16. The zero-order chi connectivity index (χ0) is 11.4. The summed E-state index contributed by atoms with van der Waals surface area (Å²) in [5.74, 6) is 0.708. The van der Waals surface area contributed by atoms with Crippen molar-refractivity contribution >= 4 is 17.4 Å². The van der Waals surface area contributed by atoms with Crippen molar-refractivity contribution in [1.29, 1.82) is 0 Å². The third-order valence-corrected chi connectivity index (χ3v) is 3.44. The summed E-state index contributed by atoms with van der Waals surface area (Å²) in [6.07, 6.45) is 6.46. The standard InChI is InChI=1S/C13H19ClO/c1-4-10-6-9(3)11(8-13(10)14)7-12(15)5-2/h6,8,10,13H,4-5,7H2,1-3H3. The maximum absolute atomic E-state index is 11.4. The van der Waals surface area contributed by atoms with Crippen molar-refractivity contribution in [3.8, 4) is 0 Å². The third-order valence-electron chi connectivity index (χ3n) is 2.99. The van der Waals surface area contributed by atoms with Crippen LogP contribution in [-0.4, -0.2) is 11.2 Å². The Bertz CT molecular complexity index is 302. The van der Waals surface area contributed by atoms with Gasteiger partial charge in [-0.2, -0.15) is 0 Å². The maximum atomic E-state index is 11.4. The number of Topliss-reactive ketones (excluding diaryl/α,β-unsaturated/α-hetero) is 1. The van der Waals surface area contributed by atoms with Gasteiger partial charge in [0.05, 0.1) is 5.38 Å². The Labute approximate surface area is 97.2 Å². The van der Waals surface area contributed by atoms with Gasteiger partial charge in [0, 0.05) is 12.8 Å². The lowest BCUT2D eigenvalue weighted by molar-refractivity contribution is -0.118. The van der Waals surface area contributed by atoms with Crippen LogP contribution in [0.2, 0.25) is 0 Å². The Morgan fingerprint density at radius 2 is 2.07 bits per heavy atom. The molecule has 0 radical (unpaired) electrons. The number of ketones is 1. The topological polar surface area (TPSA) is 17.1 Å². The molecule has 1 aliphatic carbocycles. The Kier molecular flexibility index (Phi) is 4.59. The zero-order valence-electron chi connectivity index (χ0n) is 9.72. The van der Waals surface area contributed by atoms with E-state index < -0.39 is 0 Å². The number of carbonyl (C=O) groups is 1. The van der Waals surface area contributed by atoms with Gasteiger partial charge in [0.15, 0.2) is 0 Å². The number of allylic oxidation sites excluding steroid dienone is 4. The van der Waals surface area contributed by atoms with Crippen molar-refractivity contribution in [2.45, 2.75) is 45.4 Å². The van der Waals surface area contributed by atoms with E-state index in [9.17, 15) is 4.79 Å². The predicted molar refractivity (Wildman–Crippen MR) is 65.2 cm³/mol. The van der Waals surface area contributed by atoms with Gasteiger partial charge >= 0.3 is 0 Å². The van der Waals surface area contributed by atoms with Crippen molar-refractivity contribution in [2.75, 3.05) is 0 Å². The molecule has 0 bridgehead atoms. The van der Waals surface area contributed by atoms with Gasteiger partial charge in [-0.05, 0) is 24.8 Å². The molecule has 0 fully saturated rings. The fraction of sp³-hybridized carbons (Fsp3) is 0.615. The summed E-state index contributed by atoms with van der Waals surface area (Å²) < 4.78 is 0. The van der Waals surface area contributed by atoms with E-state index in [2.05, 4.69) is 26.0 Å². The third kappa shape index (κ3) is 3.20. The highest BCUT2D eigenvalue weighted by Crippen LogP contribution is 2.30. The van der Waals surface area contributed by atoms with E-state index in [-0.39, 0.29) is 11.2 Å². The number of halogens is 1. The molecule has 0 spiro atoms. The van der Waals surface area contributed by atoms with Gasteiger partial charge in [-0.15, -0.1) is 11.6 Å². The van der Waals surface area contributed by atoms with Gasteiger partial charge in [-0.3, -0.25) is 4.79 Å². The van der Waals surface area contributed by atoms with Crippen molar-refractivity contribution < 1.29 is 4.79 Å². The summed E-state index contributed by atoms with van der Waals surface area (Å²) in [6.45, 7) is 6.11. The van der Waals surface area contributed by atoms with Gasteiger partial charge in [0.2, 0.25) is 0 Å². The van der Waals surface area contributed by atoms with Gasteiger partial charge in [-0.25, -0.2) is 0 Å².